The highest BCUT2D eigenvalue weighted by Crippen LogP contribution is 2.25. The molecule has 2 rings (SSSR count). The number of hydrogen-bond acceptors (Lipinski definition) is 4. The quantitative estimate of drug-likeness (QED) is 0.768. The Morgan fingerprint density at radius 2 is 2.19 bits per heavy atom. The third kappa shape index (κ3) is 4.01. The first kappa shape index (κ1) is 15.4. The summed E-state index contributed by atoms with van der Waals surface area (Å²) in [5, 5.41) is 12.8. The maximum absolute atomic E-state index is 11.1. The third-order valence-corrected chi connectivity index (χ3v) is 3.71. The van der Waals surface area contributed by atoms with E-state index < -0.39 is 0 Å². The summed E-state index contributed by atoms with van der Waals surface area (Å²) in [6, 6.07) is 5.69. The van der Waals surface area contributed by atoms with Gasteiger partial charge in [0.1, 0.15) is 5.75 Å². The number of aliphatic hydroxyl groups is 1. The predicted molar refractivity (Wildman–Crippen MR) is 81.3 cm³/mol. The zero-order valence-corrected chi connectivity index (χ0v) is 12.3. The molecule has 6 heteroatoms. The average Bonchev–Trinajstić information content (AvgIpc) is 2.49. The van der Waals surface area contributed by atoms with E-state index in [-0.39, 0.29) is 12.6 Å². The average molecular weight is 293 g/mol. The van der Waals surface area contributed by atoms with Gasteiger partial charge in [-0.25, -0.2) is 4.79 Å². The first-order chi connectivity index (χ1) is 10.1. The molecule has 0 saturated carbocycles. The number of nitrogens with zero attached hydrogens (tertiary/aromatic N) is 1. The van der Waals surface area contributed by atoms with Crippen LogP contribution < -0.4 is 15.8 Å². The predicted octanol–water partition coefficient (Wildman–Crippen LogP) is 1.53. The Kier molecular flexibility index (Phi) is 5.27. The van der Waals surface area contributed by atoms with Gasteiger partial charge in [-0.1, -0.05) is 0 Å². The Labute approximate surface area is 124 Å². The fourth-order valence-corrected chi connectivity index (χ4v) is 2.57. The number of carbonyl (C=O) groups excluding carboxylic acids is 1. The molecule has 1 fully saturated rings. The van der Waals surface area contributed by atoms with Gasteiger partial charge in [-0.05, 0) is 38.0 Å². The van der Waals surface area contributed by atoms with E-state index in [0.29, 0.717) is 31.5 Å². The van der Waals surface area contributed by atoms with Crippen LogP contribution in [0, 0.1) is 0 Å². The number of aliphatic hydroxyl groups excluding tert-OH is 1. The molecule has 6 nitrogen and oxygen atoms in total. The normalized spacial score (nSPS) is 15.8. The van der Waals surface area contributed by atoms with Gasteiger partial charge < -0.3 is 25.8 Å². The maximum atomic E-state index is 11.1. The fourth-order valence-electron chi connectivity index (χ4n) is 2.57. The van der Waals surface area contributed by atoms with E-state index in [1.807, 2.05) is 25.1 Å². The van der Waals surface area contributed by atoms with Gasteiger partial charge in [-0.2, -0.15) is 0 Å². The van der Waals surface area contributed by atoms with E-state index in [1.165, 1.54) is 0 Å². The summed E-state index contributed by atoms with van der Waals surface area (Å²) in [6.07, 6.45) is 1.73. The highest BCUT2D eigenvalue weighted by atomic mass is 16.5. The van der Waals surface area contributed by atoms with Crippen LogP contribution in [0.2, 0.25) is 0 Å². The van der Waals surface area contributed by atoms with Gasteiger partial charge in [0.15, 0.2) is 0 Å². The van der Waals surface area contributed by atoms with Crippen molar-refractivity contribution in [2.75, 3.05) is 25.0 Å². The van der Waals surface area contributed by atoms with Crippen LogP contribution in [0.25, 0.3) is 0 Å². The van der Waals surface area contributed by atoms with E-state index >= 15 is 0 Å². The molecule has 0 spiro atoms. The lowest BCUT2D eigenvalue weighted by molar-refractivity contribution is 0.193. The van der Waals surface area contributed by atoms with Gasteiger partial charge >= 0.3 is 6.03 Å². The van der Waals surface area contributed by atoms with Crippen LogP contribution in [0.5, 0.6) is 5.75 Å². The second-order valence-corrected chi connectivity index (χ2v) is 5.16. The van der Waals surface area contributed by atoms with Crippen molar-refractivity contribution >= 4 is 11.7 Å². The molecule has 116 valence electrons. The zero-order chi connectivity index (χ0) is 15.2. The molecule has 1 aromatic carbocycles. The lowest BCUT2D eigenvalue weighted by atomic mass is 10.0. The van der Waals surface area contributed by atoms with E-state index in [1.54, 1.807) is 4.90 Å². The van der Waals surface area contributed by atoms with Gasteiger partial charge in [0.2, 0.25) is 0 Å². The van der Waals surface area contributed by atoms with Crippen molar-refractivity contribution in [1.82, 2.24) is 4.90 Å². The van der Waals surface area contributed by atoms with Crippen LogP contribution in [0.1, 0.15) is 25.3 Å². The summed E-state index contributed by atoms with van der Waals surface area (Å²) >= 11 is 0. The van der Waals surface area contributed by atoms with Crippen LogP contribution in [0.4, 0.5) is 10.5 Å². The molecule has 21 heavy (non-hydrogen) atoms. The number of nitrogens with two attached hydrogens (primary N) is 1. The standard InChI is InChI=1S/C15H23N3O3/c1-2-21-14-4-3-13(9-11(14)10-19)17-12-5-7-18(8-6-12)15(16)20/h3-4,9,12,17,19H,2,5-8,10H2,1H3,(H2,16,20). The molecule has 0 aliphatic carbocycles. The Balaban J connectivity index is 1.96. The molecular weight excluding hydrogens is 270 g/mol. The van der Waals surface area contributed by atoms with Gasteiger partial charge in [0, 0.05) is 30.4 Å². The van der Waals surface area contributed by atoms with Crippen molar-refractivity contribution in [1.29, 1.82) is 0 Å². The fraction of sp³-hybridized carbons (Fsp3) is 0.533. The molecule has 4 N–H and O–H groups in total. The molecule has 1 aromatic rings. The summed E-state index contributed by atoms with van der Waals surface area (Å²) < 4.78 is 5.47. The number of piperidine rings is 1. The number of benzene rings is 1. The summed E-state index contributed by atoms with van der Waals surface area (Å²) in [4.78, 5) is 12.8. The smallest absolute Gasteiger partial charge is 0.314 e. The van der Waals surface area contributed by atoms with Crippen molar-refractivity contribution in [2.24, 2.45) is 5.73 Å². The Bertz CT molecular complexity index is 485. The summed E-state index contributed by atoms with van der Waals surface area (Å²) in [5.74, 6) is 0.717. The topological polar surface area (TPSA) is 87.8 Å². The molecule has 1 aliphatic heterocycles. The molecule has 0 unspecified atom stereocenters. The first-order valence-corrected chi connectivity index (χ1v) is 7.31. The second kappa shape index (κ2) is 7.17. The van der Waals surface area contributed by atoms with Crippen molar-refractivity contribution in [3.8, 4) is 5.75 Å². The van der Waals surface area contributed by atoms with Gasteiger partial charge in [-0.15, -0.1) is 0 Å². The molecular formula is C15H23N3O3. The number of likely N-dealkylation sites (tertiary alicyclic amines) is 1. The van der Waals surface area contributed by atoms with Gasteiger partial charge in [-0.3, -0.25) is 0 Å². The number of ether oxygens (including phenoxy) is 1. The molecule has 1 saturated heterocycles. The summed E-state index contributed by atoms with van der Waals surface area (Å²) in [6.45, 7) is 3.80. The zero-order valence-electron chi connectivity index (χ0n) is 12.3. The number of urea groups is 1. The second-order valence-electron chi connectivity index (χ2n) is 5.16. The minimum Gasteiger partial charge on any atom is -0.494 e. The first-order valence-electron chi connectivity index (χ1n) is 7.31. The number of carbonyl (C=O) groups is 1. The van der Waals surface area contributed by atoms with Crippen LogP contribution in [-0.2, 0) is 6.61 Å². The highest BCUT2D eigenvalue weighted by Gasteiger charge is 2.21. The minimum absolute atomic E-state index is 0.0506. The largest absolute Gasteiger partial charge is 0.494 e. The number of amides is 2. The lowest BCUT2D eigenvalue weighted by Gasteiger charge is -2.31. The third-order valence-electron chi connectivity index (χ3n) is 3.71. The van der Waals surface area contributed by atoms with Crippen LogP contribution in [0.3, 0.4) is 0 Å². The van der Waals surface area contributed by atoms with E-state index in [0.717, 1.165) is 24.1 Å². The van der Waals surface area contributed by atoms with Crippen molar-refractivity contribution in [3.05, 3.63) is 23.8 Å². The Morgan fingerprint density at radius 1 is 1.48 bits per heavy atom. The number of anilines is 1. The van der Waals surface area contributed by atoms with Crippen LogP contribution in [-0.4, -0.2) is 41.8 Å². The number of primary amides is 1. The molecule has 1 heterocycles. The Hall–Kier alpha value is -1.95. The summed E-state index contributed by atoms with van der Waals surface area (Å²) in [5.41, 5.74) is 7.01. The molecule has 0 atom stereocenters. The lowest BCUT2D eigenvalue weighted by Crippen LogP contribution is -2.44. The maximum Gasteiger partial charge on any atom is 0.314 e. The van der Waals surface area contributed by atoms with Gasteiger partial charge in [0.25, 0.3) is 0 Å². The van der Waals surface area contributed by atoms with E-state index in [2.05, 4.69) is 5.32 Å². The number of nitrogens with one attached hydrogen (secondary N) is 1. The van der Waals surface area contributed by atoms with Crippen LogP contribution >= 0.6 is 0 Å². The van der Waals surface area contributed by atoms with Crippen LogP contribution in [0.15, 0.2) is 18.2 Å². The minimum atomic E-state index is -0.350. The molecule has 2 amide bonds. The SMILES string of the molecule is CCOc1ccc(NC2CCN(C(N)=O)CC2)cc1CO. The monoisotopic (exact) mass is 293 g/mol. The molecule has 0 aromatic heterocycles. The number of hydrogen-bond donors (Lipinski definition) is 3. The van der Waals surface area contributed by atoms with Crippen molar-refractivity contribution in [2.45, 2.75) is 32.4 Å². The van der Waals surface area contributed by atoms with Crippen molar-refractivity contribution < 1.29 is 14.6 Å². The summed E-state index contributed by atoms with van der Waals surface area (Å²) in [7, 11) is 0. The highest BCUT2D eigenvalue weighted by molar-refractivity contribution is 5.72. The van der Waals surface area contributed by atoms with Crippen molar-refractivity contribution in [3.63, 3.8) is 0 Å². The Morgan fingerprint density at radius 3 is 2.76 bits per heavy atom. The van der Waals surface area contributed by atoms with E-state index in [9.17, 15) is 9.90 Å². The number of rotatable bonds is 5. The molecule has 0 radical (unpaired) electrons. The van der Waals surface area contributed by atoms with E-state index in [4.69, 9.17) is 10.5 Å². The molecule has 0 bridgehead atoms. The van der Waals surface area contributed by atoms with Gasteiger partial charge in [0.05, 0.1) is 13.2 Å². The molecule has 1 aliphatic rings.